The number of carbonyl (C=O) groups is 1. The van der Waals surface area contributed by atoms with Crippen LogP contribution in [0, 0.1) is 6.92 Å². The number of aromatic nitrogens is 2. The summed E-state index contributed by atoms with van der Waals surface area (Å²) in [6.45, 7) is 2.00. The maximum atomic E-state index is 12.4. The van der Waals surface area contributed by atoms with Gasteiger partial charge in [0.05, 0.1) is 5.69 Å². The second-order valence-electron chi connectivity index (χ2n) is 9.00. The van der Waals surface area contributed by atoms with Gasteiger partial charge in [0.15, 0.2) is 0 Å². The SMILES string of the molecule is Cc1ccccc1NC(=O)N[C@H]1CC[C@@H](Nc2nc3c(c(N(C)C)n2)CCCC3)CC1. The van der Waals surface area contributed by atoms with E-state index in [1.807, 2.05) is 31.2 Å². The van der Waals surface area contributed by atoms with Crippen LogP contribution in [0.4, 0.5) is 22.2 Å². The Kier molecular flexibility index (Phi) is 6.59. The predicted octanol–water partition coefficient (Wildman–Crippen LogP) is 4.27. The quantitative estimate of drug-likeness (QED) is 0.670. The normalized spacial score (nSPS) is 20.5. The number of hydrogen-bond donors (Lipinski definition) is 3. The van der Waals surface area contributed by atoms with Gasteiger partial charge in [-0.2, -0.15) is 4.98 Å². The Bertz CT molecular complexity index is 920. The number of rotatable bonds is 5. The number of para-hydroxylation sites is 1. The molecule has 7 heteroatoms. The van der Waals surface area contributed by atoms with Gasteiger partial charge in [-0.25, -0.2) is 9.78 Å². The average molecular weight is 423 g/mol. The summed E-state index contributed by atoms with van der Waals surface area (Å²) in [6, 6.07) is 8.25. The Hall–Kier alpha value is -2.83. The molecule has 1 aromatic carbocycles. The lowest BCUT2D eigenvalue weighted by atomic mass is 9.91. The molecule has 4 rings (SSSR count). The summed E-state index contributed by atoms with van der Waals surface area (Å²) in [7, 11) is 4.11. The number of benzene rings is 1. The number of nitrogens with zero attached hydrogens (tertiary/aromatic N) is 3. The smallest absolute Gasteiger partial charge is 0.319 e. The molecule has 2 amide bonds. The zero-order chi connectivity index (χ0) is 21.8. The van der Waals surface area contributed by atoms with E-state index in [-0.39, 0.29) is 12.1 Å². The van der Waals surface area contributed by atoms with Gasteiger partial charge in [-0.15, -0.1) is 0 Å². The molecule has 7 nitrogen and oxygen atoms in total. The summed E-state index contributed by atoms with van der Waals surface area (Å²) in [6.07, 6.45) is 8.43. The van der Waals surface area contributed by atoms with Crippen molar-refractivity contribution in [3.05, 3.63) is 41.1 Å². The summed E-state index contributed by atoms with van der Waals surface area (Å²) < 4.78 is 0. The fourth-order valence-electron chi connectivity index (χ4n) is 4.63. The molecule has 1 heterocycles. The van der Waals surface area contributed by atoms with Crippen molar-refractivity contribution in [1.82, 2.24) is 15.3 Å². The Morgan fingerprint density at radius 3 is 2.45 bits per heavy atom. The maximum absolute atomic E-state index is 12.4. The van der Waals surface area contributed by atoms with Gasteiger partial charge in [0.25, 0.3) is 0 Å². The van der Waals surface area contributed by atoms with Crippen molar-refractivity contribution < 1.29 is 4.79 Å². The van der Waals surface area contributed by atoms with Crippen LogP contribution < -0.4 is 20.9 Å². The number of fused-ring (bicyclic) bond motifs is 1. The van der Waals surface area contributed by atoms with Crippen LogP contribution in [0.2, 0.25) is 0 Å². The minimum atomic E-state index is -0.126. The molecule has 1 aromatic heterocycles. The van der Waals surface area contributed by atoms with Crippen LogP contribution in [0.15, 0.2) is 24.3 Å². The van der Waals surface area contributed by atoms with E-state index in [1.54, 1.807) is 0 Å². The van der Waals surface area contributed by atoms with Crippen LogP contribution in [0.3, 0.4) is 0 Å². The molecule has 0 bridgehead atoms. The van der Waals surface area contributed by atoms with Crippen molar-refractivity contribution >= 4 is 23.5 Å². The van der Waals surface area contributed by atoms with Gasteiger partial charge in [0.2, 0.25) is 5.95 Å². The third-order valence-electron chi connectivity index (χ3n) is 6.37. The van der Waals surface area contributed by atoms with E-state index in [0.717, 1.165) is 61.5 Å². The standard InChI is InChI=1S/C24H34N6O/c1-16-8-4-6-10-20(16)28-24(31)26-18-14-12-17(13-15-18)25-23-27-21-11-7-5-9-19(21)22(29-23)30(2)3/h4,6,8,10,17-18H,5,7,9,11-15H2,1-3H3,(H,25,27,29)(H2,26,28,31)/t17-,18+. The van der Waals surface area contributed by atoms with Gasteiger partial charge in [0.1, 0.15) is 5.82 Å². The summed E-state index contributed by atoms with van der Waals surface area (Å²) in [4.78, 5) is 24.2. The van der Waals surface area contributed by atoms with Crippen LogP contribution >= 0.6 is 0 Å². The number of amides is 2. The third kappa shape index (κ3) is 5.27. The third-order valence-corrected chi connectivity index (χ3v) is 6.37. The van der Waals surface area contributed by atoms with E-state index in [9.17, 15) is 4.79 Å². The van der Waals surface area contributed by atoms with Crippen molar-refractivity contribution in [2.75, 3.05) is 29.6 Å². The number of nitrogens with one attached hydrogen (secondary N) is 3. The number of aryl methyl sites for hydroxylation is 2. The minimum Gasteiger partial charge on any atom is -0.362 e. The predicted molar refractivity (Wildman–Crippen MR) is 126 cm³/mol. The molecule has 3 N–H and O–H groups in total. The molecule has 0 unspecified atom stereocenters. The Balaban J connectivity index is 1.31. The maximum Gasteiger partial charge on any atom is 0.319 e. The monoisotopic (exact) mass is 422 g/mol. The molecular weight excluding hydrogens is 388 g/mol. The zero-order valence-corrected chi connectivity index (χ0v) is 18.9. The lowest BCUT2D eigenvalue weighted by molar-refractivity contribution is 0.243. The van der Waals surface area contributed by atoms with E-state index >= 15 is 0 Å². The summed E-state index contributed by atoms with van der Waals surface area (Å²) >= 11 is 0. The number of anilines is 3. The Morgan fingerprint density at radius 2 is 1.71 bits per heavy atom. The molecule has 1 saturated carbocycles. The highest BCUT2D eigenvalue weighted by molar-refractivity contribution is 5.90. The van der Waals surface area contributed by atoms with Crippen molar-refractivity contribution in [3.8, 4) is 0 Å². The van der Waals surface area contributed by atoms with Gasteiger partial charge in [-0.1, -0.05) is 18.2 Å². The molecule has 2 aromatic rings. The number of urea groups is 1. The van der Waals surface area contributed by atoms with Crippen molar-refractivity contribution in [2.45, 2.75) is 70.4 Å². The highest BCUT2D eigenvalue weighted by Crippen LogP contribution is 2.29. The van der Waals surface area contributed by atoms with Crippen molar-refractivity contribution in [2.24, 2.45) is 0 Å². The largest absolute Gasteiger partial charge is 0.362 e. The van der Waals surface area contributed by atoms with Gasteiger partial charge in [-0.3, -0.25) is 0 Å². The highest BCUT2D eigenvalue weighted by atomic mass is 16.2. The molecule has 1 fully saturated rings. The van der Waals surface area contributed by atoms with Gasteiger partial charge in [0, 0.05) is 37.4 Å². The molecule has 2 aliphatic rings. The van der Waals surface area contributed by atoms with Gasteiger partial charge >= 0.3 is 6.03 Å². The molecule has 0 aliphatic heterocycles. The van der Waals surface area contributed by atoms with Gasteiger partial charge in [-0.05, 0) is 69.9 Å². The van der Waals surface area contributed by atoms with E-state index in [0.29, 0.717) is 6.04 Å². The summed E-state index contributed by atoms with van der Waals surface area (Å²) in [5, 5.41) is 9.66. The van der Waals surface area contributed by atoms with E-state index in [4.69, 9.17) is 9.97 Å². The highest BCUT2D eigenvalue weighted by Gasteiger charge is 2.25. The number of hydrogen-bond acceptors (Lipinski definition) is 5. The molecule has 31 heavy (non-hydrogen) atoms. The van der Waals surface area contributed by atoms with Gasteiger partial charge < -0.3 is 20.9 Å². The fraction of sp³-hybridized carbons (Fsp3) is 0.542. The second-order valence-corrected chi connectivity index (χ2v) is 9.00. The summed E-state index contributed by atoms with van der Waals surface area (Å²) in [5.41, 5.74) is 4.44. The fourth-order valence-corrected chi connectivity index (χ4v) is 4.63. The van der Waals surface area contributed by atoms with Crippen molar-refractivity contribution in [1.29, 1.82) is 0 Å². The van der Waals surface area contributed by atoms with Crippen LogP contribution in [-0.2, 0) is 12.8 Å². The van der Waals surface area contributed by atoms with Crippen molar-refractivity contribution in [3.63, 3.8) is 0 Å². The molecule has 166 valence electrons. The van der Waals surface area contributed by atoms with Crippen LogP contribution in [0.5, 0.6) is 0 Å². The minimum absolute atomic E-state index is 0.126. The molecule has 2 aliphatic carbocycles. The first-order valence-corrected chi connectivity index (χ1v) is 11.5. The molecule has 0 radical (unpaired) electrons. The first-order valence-electron chi connectivity index (χ1n) is 11.5. The first-order chi connectivity index (χ1) is 15.0. The van der Waals surface area contributed by atoms with E-state index < -0.39 is 0 Å². The molecule has 0 saturated heterocycles. The molecule has 0 atom stereocenters. The Morgan fingerprint density at radius 1 is 1.00 bits per heavy atom. The molecule has 0 spiro atoms. The van der Waals surface area contributed by atoms with Crippen LogP contribution in [-0.4, -0.2) is 42.2 Å². The number of carbonyl (C=O) groups excluding carboxylic acids is 1. The van der Waals surface area contributed by atoms with Crippen LogP contribution in [0.1, 0.15) is 55.3 Å². The average Bonchev–Trinajstić information content (AvgIpc) is 2.76. The topological polar surface area (TPSA) is 82.2 Å². The zero-order valence-electron chi connectivity index (χ0n) is 18.9. The molecular formula is C24H34N6O. The second kappa shape index (κ2) is 9.54. The Labute approximate surface area is 185 Å². The van der Waals surface area contributed by atoms with E-state index in [1.165, 1.54) is 24.1 Å². The summed E-state index contributed by atoms with van der Waals surface area (Å²) in [5.74, 6) is 1.80. The van der Waals surface area contributed by atoms with Crippen LogP contribution in [0.25, 0.3) is 0 Å². The lowest BCUT2D eigenvalue weighted by Crippen LogP contribution is -2.42. The lowest BCUT2D eigenvalue weighted by Gasteiger charge is -2.30. The van der Waals surface area contributed by atoms with E-state index in [2.05, 4.69) is 34.9 Å². The first kappa shape index (κ1) is 21.4.